The second-order valence-electron chi connectivity index (χ2n) is 15.9. The normalized spacial score (nSPS) is 11.9. The van der Waals surface area contributed by atoms with Crippen LogP contribution in [0.3, 0.4) is 0 Å². The zero-order chi connectivity index (χ0) is 36.8. The minimum Gasteiger partial charge on any atom is -0.0651 e. The maximum absolute atomic E-state index is 2.64. The summed E-state index contributed by atoms with van der Waals surface area (Å²) in [5.74, 6) is 0.176. The van der Waals surface area contributed by atoms with E-state index >= 15 is 0 Å². The van der Waals surface area contributed by atoms with Crippen molar-refractivity contribution in [1.29, 1.82) is 0 Å². The van der Waals surface area contributed by atoms with Gasteiger partial charge in [-0.2, -0.15) is 0 Å². The predicted molar refractivity (Wildman–Crippen MR) is 226 cm³/mol. The van der Waals surface area contributed by atoms with E-state index < -0.39 is 0 Å². The predicted octanol–water partition coefficient (Wildman–Crippen LogP) is 14.4. The highest BCUT2D eigenvalue weighted by Crippen LogP contribution is 2.50. The number of benzene rings is 4. The molecule has 4 aromatic rings. The van der Waals surface area contributed by atoms with Crippen molar-refractivity contribution in [3.63, 3.8) is 0 Å². The van der Waals surface area contributed by atoms with Crippen LogP contribution in [0.2, 0.25) is 0 Å². The van der Waals surface area contributed by atoms with Gasteiger partial charge in [0.2, 0.25) is 0 Å². The van der Waals surface area contributed by atoms with Crippen molar-refractivity contribution >= 4 is 0 Å². The lowest BCUT2D eigenvalue weighted by molar-refractivity contribution is 0.494. The summed E-state index contributed by atoms with van der Waals surface area (Å²) in [6.07, 6.45) is 18.4. The summed E-state index contributed by atoms with van der Waals surface area (Å²) in [5.41, 5.74) is 17.7. The summed E-state index contributed by atoms with van der Waals surface area (Å²) in [7, 11) is 0. The van der Waals surface area contributed by atoms with Crippen molar-refractivity contribution in [2.45, 2.75) is 176 Å². The molecule has 0 heteroatoms. The Bertz CT molecular complexity index is 1440. The molecule has 0 spiro atoms. The van der Waals surface area contributed by atoms with E-state index in [0.29, 0.717) is 0 Å². The fourth-order valence-corrected chi connectivity index (χ4v) is 8.86. The molecule has 0 heterocycles. The monoisotopic (exact) mass is 685 g/mol. The Balaban J connectivity index is 2.23. The quantitative estimate of drug-likeness (QED) is 0.0819. The Morgan fingerprint density at radius 3 is 0.706 bits per heavy atom. The topological polar surface area (TPSA) is 0 Å². The Labute approximate surface area is 314 Å². The summed E-state index contributed by atoms with van der Waals surface area (Å²) in [5, 5.41) is 0. The van der Waals surface area contributed by atoms with E-state index in [1.165, 1.54) is 118 Å². The molecule has 0 aliphatic rings. The van der Waals surface area contributed by atoms with Gasteiger partial charge in [0, 0.05) is 11.3 Å². The van der Waals surface area contributed by atoms with Crippen molar-refractivity contribution in [3.05, 3.63) is 140 Å². The Morgan fingerprint density at radius 2 is 0.510 bits per heavy atom. The van der Waals surface area contributed by atoms with Crippen LogP contribution >= 0.6 is 0 Å². The Morgan fingerprint density at radius 1 is 0.314 bits per heavy atom. The van der Waals surface area contributed by atoms with Gasteiger partial charge >= 0.3 is 0 Å². The molecule has 0 bridgehead atoms. The lowest BCUT2D eigenvalue weighted by Gasteiger charge is -2.42. The maximum atomic E-state index is 2.64. The van der Waals surface area contributed by atoms with Crippen LogP contribution in [0.25, 0.3) is 0 Å². The van der Waals surface area contributed by atoms with Gasteiger partial charge in [-0.25, -0.2) is 0 Å². The molecule has 0 aliphatic carbocycles. The summed E-state index contributed by atoms with van der Waals surface area (Å²) >= 11 is 0. The zero-order valence-corrected chi connectivity index (χ0v) is 34.3. The van der Waals surface area contributed by atoms with Gasteiger partial charge in [-0.05, 0) is 118 Å². The molecule has 4 aromatic carbocycles. The first-order chi connectivity index (χ1) is 24.8. The van der Waals surface area contributed by atoms with Crippen molar-refractivity contribution in [2.24, 2.45) is 0 Å². The Kier molecular flexibility index (Phi) is 16.1. The molecular formula is C51H72. The third kappa shape index (κ3) is 10.5. The van der Waals surface area contributed by atoms with E-state index in [0.717, 1.165) is 51.4 Å². The minimum atomic E-state index is -0.277. The summed E-state index contributed by atoms with van der Waals surface area (Å²) in [4.78, 5) is 0. The van der Waals surface area contributed by atoms with Gasteiger partial charge < -0.3 is 0 Å². The number of hydrogen-bond acceptors (Lipinski definition) is 0. The van der Waals surface area contributed by atoms with E-state index in [1.54, 1.807) is 0 Å². The van der Waals surface area contributed by atoms with Crippen LogP contribution in [-0.4, -0.2) is 0 Å². The SMILES string of the molecule is CCCc1cc(CCC)cc(C(c2cc(CCC)cc(CCC)c2)C(C)(c2cc(CCC)cc(CCC)c2)c2cc(CCC)cc(CCC)c2)c1. The van der Waals surface area contributed by atoms with Crippen LogP contribution in [0.4, 0.5) is 0 Å². The summed E-state index contributed by atoms with van der Waals surface area (Å²) in [6.45, 7) is 21.3. The minimum absolute atomic E-state index is 0.176. The van der Waals surface area contributed by atoms with Crippen molar-refractivity contribution in [3.8, 4) is 0 Å². The standard InChI is InChI=1S/C51H72/c1-10-18-38-26-39(19-11-2)31-46(30-38)50(47-32-40(20-12-3)27-41(33-47)21-13-4)51(9,48-34-42(22-14-5)28-43(35-48)23-15-6)49-36-44(24-16-7)29-45(37-49)25-17-8/h26-37,50H,10-25H2,1-9H3. The van der Waals surface area contributed by atoms with Crippen LogP contribution in [0.5, 0.6) is 0 Å². The first-order valence-corrected chi connectivity index (χ1v) is 21.3. The van der Waals surface area contributed by atoms with Crippen LogP contribution in [0.1, 0.15) is 186 Å². The van der Waals surface area contributed by atoms with Gasteiger partial charge in [-0.15, -0.1) is 0 Å². The molecular weight excluding hydrogens is 613 g/mol. The largest absolute Gasteiger partial charge is 0.0651 e. The van der Waals surface area contributed by atoms with Crippen molar-refractivity contribution in [2.75, 3.05) is 0 Å². The van der Waals surface area contributed by atoms with Crippen molar-refractivity contribution in [1.82, 2.24) is 0 Å². The molecule has 0 N–H and O–H groups in total. The average Bonchev–Trinajstić information content (AvgIpc) is 3.09. The molecule has 0 amide bonds. The highest BCUT2D eigenvalue weighted by molar-refractivity contribution is 5.55. The van der Waals surface area contributed by atoms with Gasteiger partial charge in [-0.3, -0.25) is 0 Å². The smallest absolute Gasteiger partial charge is 0.0284 e. The van der Waals surface area contributed by atoms with E-state index in [2.05, 4.69) is 135 Å². The second kappa shape index (κ2) is 20.2. The molecule has 0 aromatic heterocycles. The highest BCUT2D eigenvalue weighted by atomic mass is 14.4. The zero-order valence-electron chi connectivity index (χ0n) is 34.3. The van der Waals surface area contributed by atoms with Crippen LogP contribution in [-0.2, 0) is 56.8 Å². The van der Waals surface area contributed by atoms with E-state index in [4.69, 9.17) is 0 Å². The lowest BCUT2D eigenvalue weighted by Crippen LogP contribution is -2.34. The molecule has 0 saturated carbocycles. The highest BCUT2D eigenvalue weighted by Gasteiger charge is 2.41. The van der Waals surface area contributed by atoms with E-state index in [-0.39, 0.29) is 11.3 Å². The fourth-order valence-electron chi connectivity index (χ4n) is 8.86. The van der Waals surface area contributed by atoms with Crippen LogP contribution in [0, 0.1) is 0 Å². The molecule has 0 unspecified atom stereocenters. The molecule has 0 aliphatic heterocycles. The van der Waals surface area contributed by atoms with Crippen LogP contribution < -0.4 is 0 Å². The third-order valence-corrected chi connectivity index (χ3v) is 11.0. The summed E-state index contributed by atoms with van der Waals surface area (Å²) in [6, 6.07) is 31.0. The molecule has 4 rings (SSSR count). The van der Waals surface area contributed by atoms with Crippen molar-refractivity contribution < 1.29 is 0 Å². The van der Waals surface area contributed by atoms with Crippen LogP contribution in [0.15, 0.2) is 72.8 Å². The molecule has 276 valence electrons. The number of rotatable bonds is 21. The number of aryl methyl sites for hydroxylation is 8. The molecule has 0 atom stereocenters. The first kappa shape index (κ1) is 40.6. The first-order valence-electron chi connectivity index (χ1n) is 21.3. The van der Waals surface area contributed by atoms with Gasteiger partial charge in [0.15, 0.2) is 0 Å². The third-order valence-electron chi connectivity index (χ3n) is 11.0. The second-order valence-corrected chi connectivity index (χ2v) is 15.9. The van der Waals surface area contributed by atoms with E-state index in [1.807, 2.05) is 0 Å². The fraction of sp³-hybridized carbons (Fsp3) is 0.529. The van der Waals surface area contributed by atoms with Gasteiger partial charge in [0.05, 0.1) is 0 Å². The number of hydrogen-bond donors (Lipinski definition) is 0. The average molecular weight is 685 g/mol. The molecule has 0 saturated heterocycles. The van der Waals surface area contributed by atoms with Gasteiger partial charge in [-0.1, -0.05) is 186 Å². The molecule has 0 fully saturated rings. The Hall–Kier alpha value is -3.12. The van der Waals surface area contributed by atoms with E-state index in [9.17, 15) is 0 Å². The summed E-state index contributed by atoms with van der Waals surface area (Å²) < 4.78 is 0. The molecule has 51 heavy (non-hydrogen) atoms. The van der Waals surface area contributed by atoms with Gasteiger partial charge in [0.25, 0.3) is 0 Å². The molecule has 0 radical (unpaired) electrons. The van der Waals surface area contributed by atoms with Gasteiger partial charge in [0.1, 0.15) is 0 Å². The lowest BCUT2D eigenvalue weighted by atomic mass is 9.61. The maximum Gasteiger partial charge on any atom is 0.0284 e. The molecule has 0 nitrogen and oxygen atoms in total.